The minimum Gasteiger partial charge on any atom is -0.480 e. The highest BCUT2D eigenvalue weighted by Gasteiger charge is 2.25. The molecule has 0 radical (unpaired) electrons. The first kappa shape index (κ1) is 23.0. The number of fused-ring (bicyclic) bond motifs is 2. The molecule has 2 aliphatic rings. The van der Waals surface area contributed by atoms with Crippen LogP contribution in [0.3, 0.4) is 0 Å². The van der Waals surface area contributed by atoms with E-state index in [0.717, 1.165) is 41.1 Å². The second-order valence-electron chi connectivity index (χ2n) is 8.62. The molecule has 0 saturated carbocycles. The van der Waals surface area contributed by atoms with Crippen molar-refractivity contribution >= 4 is 34.5 Å². The maximum atomic E-state index is 11.6. The van der Waals surface area contributed by atoms with E-state index in [4.69, 9.17) is 4.74 Å². The van der Waals surface area contributed by atoms with Gasteiger partial charge in [-0.3, -0.25) is 4.79 Å². The van der Waals surface area contributed by atoms with Crippen molar-refractivity contribution < 1.29 is 14.6 Å². The maximum absolute atomic E-state index is 11.6. The van der Waals surface area contributed by atoms with Crippen LogP contribution in [-0.4, -0.2) is 57.5 Å². The number of nitrogens with one attached hydrogen (secondary N) is 3. The average Bonchev–Trinajstić information content (AvgIpc) is 2.86. The number of pyridine rings is 1. The number of para-hydroxylation sites is 1. The van der Waals surface area contributed by atoms with Crippen molar-refractivity contribution in [2.45, 2.75) is 48.9 Å². The van der Waals surface area contributed by atoms with Crippen LogP contribution in [0.15, 0.2) is 41.4 Å². The number of hydrogen-bond donors (Lipinski definition) is 4. The number of anilines is 1. The maximum Gasteiger partial charge on any atom is 0.235 e. The molecule has 4 heterocycles. The smallest absolute Gasteiger partial charge is 0.235 e. The average molecular weight is 481 g/mol. The van der Waals surface area contributed by atoms with E-state index in [0.29, 0.717) is 42.0 Å². The largest absolute Gasteiger partial charge is 0.480 e. The van der Waals surface area contributed by atoms with Crippen LogP contribution in [0.1, 0.15) is 36.6 Å². The van der Waals surface area contributed by atoms with Gasteiger partial charge in [0.25, 0.3) is 0 Å². The fourth-order valence-corrected chi connectivity index (χ4v) is 5.28. The lowest BCUT2D eigenvalue weighted by molar-refractivity contribution is -0.113. The minimum absolute atomic E-state index is 0.00881. The lowest BCUT2D eigenvalue weighted by Gasteiger charge is -2.32. The van der Waals surface area contributed by atoms with Crippen molar-refractivity contribution in [1.82, 2.24) is 25.6 Å². The molecule has 178 valence electrons. The summed E-state index contributed by atoms with van der Waals surface area (Å²) >= 11 is 1.52. The highest BCUT2D eigenvalue weighted by molar-refractivity contribution is 8.00. The summed E-state index contributed by atoms with van der Waals surface area (Å²) in [6.07, 6.45) is 3.40. The number of carbonyl (C=O) groups excluding carboxylic acids is 1. The molecule has 2 aliphatic heterocycles. The minimum atomic E-state index is -0.662. The number of aliphatic hydroxyl groups is 1. The summed E-state index contributed by atoms with van der Waals surface area (Å²) in [6, 6.07) is 10.2. The van der Waals surface area contributed by atoms with Crippen molar-refractivity contribution in [3.05, 3.63) is 47.8 Å². The molecule has 3 atom stereocenters. The molecule has 1 amide bonds. The number of thioether (sulfide) groups is 1. The topological polar surface area (TPSA) is 121 Å². The summed E-state index contributed by atoms with van der Waals surface area (Å²) in [5.74, 6) is 1.52. The van der Waals surface area contributed by atoms with Gasteiger partial charge in [-0.25, -0.2) is 15.0 Å². The number of rotatable bonds is 7. The summed E-state index contributed by atoms with van der Waals surface area (Å²) in [7, 11) is 1.56. The van der Waals surface area contributed by atoms with E-state index in [1.54, 1.807) is 13.3 Å². The van der Waals surface area contributed by atoms with Crippen molar-refractivity contribution in [1.29, 1.82) is 0 Å². The summed E-state index contributed by atoms with van der Waals surface area (Å²) in [5, 5.41) is 21.0. The molecule has 0 bridgehead atoms. The SMILES string of the molecule is COc1cnc2cccc(C(O)CC3CC(NCc4ccc5c(n4)NC(=O)CS5)CCN3)c2n1. The number of nitrogens with zero attached hydrogens (tertiary/aromatic N) is 3. The molecule has 1 saturated heterocycles. The number of amides is 1. The van der Waals surface area contributed by atoms with Crippen molar-refractivity contribution in [3.8, 4) is 5.88 Å². The predicted octanol–water partition coefficient (Wildman–Crippen LogP) is 2.41. The number of carbonyl (C=O) groups is 1. The molecular formula is C24H28N6O3S. The van der Waals surface area contributed by atoms with Crippen LogP contribution in [0.5, 0.6) is 5.88 Å². The van der Waals surface area contributed by atoms with Crippen molar-refractivity contribution in [2.24, 2.45) is 0 Å². The molecule has 5 rings (SSSR count). The zero-order valence-electron chi connectivity index (χ0n) is 19.0. The van der Waals surface area contributed by atoms with E-state index < -0.39 is 6.10 Å². The Labute approximate surface area is 202 Å². The normalized spacial score (nSPS) is 21.1. The summed E-state index contributed by atoms with van der Waals surface area (Å²) in [6.45, 7) is 1.51. The number of aliphatic hydroxyl groups excluding tert-OH is 1. The monoisotopic (exact) mass is 480 g/mol. The lowest BCUT2D eigenvalue weighted by Crippen LogP contribution is -2.46. The predicted molar refractivity (Wildman–Crippen MR) is 131 cm³/mol. The Balaban J connectivity index is 1.20. The van der Waals surface area contributed by atoms with Gasteiger partial charge in [0, 0.05) is 24.2 Å². The third-order valence-corrected chi connectivity index (χ3v) is 7.30. The molecule has 1 fully saturated rings. The molecule has 0 aliphatic carbocycles. The molecule has 3 unspecified atom stereocenters. The molecule has 2 aromatic heterocycles. The Morgan fingerprint density at radius 3 is 3.09 bits per heavy atom. The standard InChI is InChI=1S/C24H28N6O3S/c1-33-22-12-27-18-4-2-3-17(23(18)30-22)19(31)10-16-9-14(7-8-25-16)26-11-15-5-6-20-24(28-15)29-21(32)13-34-20/h2-6,12,14,16,19,25-26,31H,7-11,13H2,1H3,(H,28,29,32). The molecule has 34 heavy (non-hydrogen) atoms. The molecule has 3 aromatic rings. The Hall–Kier alpha value is -2.79. The van der Waals surface area contributed by atoms with Gasteiger partial charge in [0.2, 0.25) is 11.8 Å². The van der Waals surface area contributed by atoms with E-state index in [1.807, 2.05) is 30.3 Å². The van der Waals surface area contributed by atoms with Crippen LogP contribution >= 0.6 is 11.8 Å². The third kappa shape index (κ3) is 5.15. The van der Waals surface area contributed by atoms with E-state index >= 15 is 0 Å². The first-order chi connectivity index (χ1) is 16.6. The molecular weight excluding hydrogens is 452 g/mol. The van der Waals surface area contributed by atoms with Gasteiger partial charge in [0.15, 0.2) is 0 Å². The molecule has 10 heteroatoms. The molecule has 9 nitrogen and oxygen atoms in total. The van der Waals surface area contributed by atoms with E-state index in [9.17, 15) is 9.90 Å². The van der Waals surface area contributed by atoms with Gasteiger partial charge in [-0.2, -0.15) is 0 Å². The fraction of sp³-hybridized carbons (Fsp3) is 0.417. The number of ether oxygens (including phenoxy) is 1. The van der Waals surface area contributed by atoms with Crippen LogP contribution in [0.25, 0.3) is 11.0 Å². The van der Waals surface area contributed by atoms with Crippen molar-refractivity contribution in [2.75, 3.05) is 24.7 Å². The van der Waals surface area contributed by atoms with Crippen molar-refractivity contribution in [3.63, 3.8) is 0 Å². The number of aromatic nitrogens is 3. The van der Waals surface area contributed by atoms with Gasteiger partial charge in [-0.15, -0.1) is 11.8 Å². The second kappa shape index (κ2) is 10.2. The van der Waals surface area contributed by atoms with Gasteiger partial charge in [0.05, 0.1) is 46.8 Å². The van der Waals surface area contributed by atoms with Gasteiger partial charge in [-0.05, 0) is 44.0 Å². The molecule has 4 N–H and O–H groups in total. The number of hydrogen-bond acceptors (Lipinski definition) is 9. The van der Waals surface area contributed by atoms with E-state index in [1.165, 1.54) is 11.8 Å². The third-order valence-electron chi connectivity index (χ3n) is 6.26. The van der Waals surface area contributed by atoms with Crippen LogP contribution < -0.4 is 20.7 Å². The van der Waals surface area contributed by atoms with Gasteiger partial charge in [-0.1, -0.05) is 12.1 Å². The van der Waals surface area contributed by atoms with Crippen LogP contribution in [-0.2, 0) is 11.3 Å². The van der Waals surface area contributed by atoms with Crippen LogP contribution in [0.2, 0.25) is 0 Å². The Bertz CT molecular complexity index is 1190. The fourth-order valence-electron chi connectivity index (χ4n) is 4.53. The summed E-state index contributed by atoms with van der Waals surface area (Å²) in [5.41, 5.74) is 3.07. The van der Waals surface area contributed by atoms with E-state index in [-0.39, 0.29) is 11.9 Å². The summed E-state index contributed by atoms with van der Waals surface area (Å²) < 4.78 is 5.22. The number of piperidine rings is 1. The summed E-state index contributed by atoms with van der Waals surface area (Å²) in [4.78, 5) is 26.2. The quantitative estimate of drug-likeness (QED) is 0.404. The number of benzene rings is 1. The van der Waals surface area contributed by atoms with E-state index in [2.05, 4.69) is 30.9 Å². The highest BCUT2D eigenvalue weighted by atomic mass is 32.2. The Kier molecular flexibility index (Phi) is 6.91. The lowest BCUT2D eigenvalue weighted by atomic mass is 9.92. The first-order valence-electron chi connectivity index (χ1n) is 11.5. The van der Waals surface area contributed by atoms with Gasteiger partial charge < -0.3 is 25.8 Å². The van der Waals surface area contributed by atoms with Crippen LogP contribution in [0.4, 0.5) is 5.82 Å². The zero-order chi connectivity index (χ0) is 23.5. The molecule has 1 aromatic carbocycles. The molecule has 0 spiro atoms. The Morgan fingerprint density at radius 1 is 1.29 bits per heavy atom. The second-order valence-corrected chi connectivity index (χ2v) is 9.64. The number of methoxy groups -OCH3 is 1. The van der Waals surface area contributed by atoms with Gasteiger partial charge >= 0.3 is 0 Å². The highest BCUT2D eigenvalue weighted by Crippen LogP contribution is 2.30. The van der Waals surface area contributed by atoms with Gasteiger partial charge in [0.1, 0.15) is 5.82 Å². The first-order valence-corrected chi connectivity index (χ1v) is 12.4. The zero-order valence-corrected chi connectivity index (χ0v) is 19.8. The Morgan fingerprint density at radius 2 is 2.21 bits per heavy atom. The van der Waals surface area contributed by atoms with Crippen LogP contribution in [0, 0.1) is 0 Å².